The Bertz CT molecular complexity index is 1010. The third-order valence-corrected chi connectivity index (χ3v) is 4.83. The quantitative estimate of drug-likeness (QED) is 0.456. The van der Waals surface area contributed by atoms with E-state index in [0.29, 0.717) is 5.56 Å². The molecule has 8 nitrogen and oxygen atoms in total. The molecule has 2 N–H and O–H groups in total. The first-order valence-corrected chi connectivity index (χ1v) is 8.82. The van der Waals surface area contributed by atoms with Crippen molar-refractivity contribution in [2.45, 2.75) is 11.8 Å². The molecule has 0 aliphatic heterocycles. The molecule has 0 unspecified atom stereocenters. The van der Waals surface area contributed by atoms with Gasteiger partial charge in [-0.2, -0.15) is 4.72 Å². The summed E-state index contributed by atoms with van der Waals surface area (Å²) in [6.45, 7) is 1.41. The number of carbonyl (C=O) groups is 1. The van der Waals surface area contributed by atoms with E-state index in [-0.39, 0.29) is 28.4 Å². The average Bonchev–Trinajstić information content (AvgIpc) is 2.61. The van der Waals surface area contributed by atoms with Crippen LogP contribution >= 0.6 is 0 Å². The predicted octanol–water partition coefficient (Wildman–Crippen LogP) is 2.07. The Morgan fingerprint density at radius 3 is 2.65 bits per heavy atom. The Hall–Kier alpha value is -3.22. The van der Waals surface area contributed by atoms with Gasteiger partial charge in [-0.15, -0.1) is 6.42 Å². The summed E-state index contributed by atoms with van der Waals surface area (Å²) in [5.74, 6) is 1.56. The summed E-state index contributed by atoms with van der Waals surface area (Å²) >= 11 is 0. The summed E-state index contributed by atoms with van der Waals surface area (Å²) in [6, 6.07) is 9.63. The van der Waals surface area contributed by atoms with Crippen molar-refractivity contribution in [2.24, 2.45) is 0 Å². The summed E-state index contributed by atoms with van der Waals surface area (Å²) in [5.41, 5.74) is 0.640. The van der Waals surface area contributed by atoms with Crippen LogP contribution in [0.25, 0.3) is 0 Å². The van der Waals surface area contributed by atoms with Gasteiger partial charge in [0.25, 0.3) is 11.6 Å². The zero-order valence-electron chi connectivity index (χ0n) is 13.7. The Kier molecular flexibility index (Phi) is 5.71. The van der Waals surface area contributed by atoms with Crippen LogP contribution < -0.4 is 10.0 Å². The maximum atomic E-state index is 12.3. The number of amides is 1. The molecule has 0 fully saturated rings. The summed E-state index contributed by atoms with van der Waals surface area (Å²) in [6.07, 6.45) is 5.03. The Balaban J connectivity index is 2.26. The summed E-state index contributed by atoms with van der Waals surface area (Å²) < 4.78 is 26.3. The molecule has 0 aromatic heterocycles. The lowest BCUT2D eigenvalue weighted by molar-refractivity contribution is -0.385. The number of carbonyl (C=O) groups excluding carboxylic acids is 1. The number of anilines is 1. The molecular weight excluding hydrogens is 358 g/mol. The van der Waals surface area contributed by atoms with Gasteiger partial charge in [-0.05, 0) is 31.2 Å². The highest BCUT2D eigenvalue weighted by molar-refractivity contribution is 7.89. The van der Waals surface area contributed by atoms with Gasteiger partial charge >= 0.3 is 0 Å². The number of benzene rings is 2. The first-order valence-electron chi connectivity index (χ1n) is 7.34. The number of sulfonamides is 1. The van der Waals surface area contributed by atoms with E-state index in [1.165, 1.54) is 42.5 Å². The van der Waals surface area contributed by atoms with E-state index < -0.39 is 20.9 Å². The van der Waals surface area contributed by atoms with Crippen LogP contribution in [0.15, 0.2) is 47.4 Å². The molecule has 0 spiro atoms. The number of nitrogens with zero attached hydrogens (tertiary/aromatic N) is 1. The van der Waals surface area contributed by atoms with Gasteiger partial charge in [0.15, 0.2) is 0 Å². The number of hydrogen-bond acceptors (Lipinski definition) is 5. The minimum Gasteiger partial charge on any atom is -0.322 e. The molecule has 2 rings (SSSR count). The number of hydrogen-bond donors (Lipinski definition) is 2. The molecule has 0 atom stereocenters. The van der Waals surface area contributed by atoms with E-state index >= 15 is 0 Å². The Labute approximate surface area is 150 Å². The van der Waals surface area contributed by atoms with Crippen molar-refractivity contribution < 1.29 is 18.1 Å². The maximum Gasteiger partial charge on any atom is 0.274 e. The summed E-state index contributed by atoms with van der Waals surface area (Å²) in [4.78, 5) is 22.7. The molecular formula is C17H15N3O5S. The van der Waals surface area contributed by atoms with Gasteiger partial charge in [-0.25, -0.2) is 8.42 Å². The molecule has 0 radical (unpaired) electrons. The lowest BCUT2D eigenvalue weighted by Gasteiger charge is -2.08. The van der Waals surface area contributed by atoms with Crippen molar-refractivity contribution in [3.05, 3.63) is 63.7 Å². The third kappa shape index (κ3) is 4.44. The van der Waals surface area contributed by atoms with Crippen molar-refractivity contribution in [1.29, 1.82) is 0 Å². The lowest BCUT2D eigenvalue weighted by Crippen LogP contribution is -2.24. The van der Waals surface area contributed by atoms with Gasteiger partial charge in [-0.1, -0.05) is 18.1 Å². The van der Waals surface area contributed by atoms with Crippen molar-refractivity contribution >= 4 is 27.3 Å². The molecule has 2 aromatic rings. The number of nitro benzene ring substituents is 1. The minimum atomic E-state index is -3.84. The zero-order chi connectivity index (χ0) is 19.3. The van der Waals surface area contributed by atoms with E-state index in [1.807, 2.05) is 0 Å². The van der Waals surface area contributed by atoms with Gasteiger partial charge in [0.1, 0.15) is 0 Å². The molecule has 0 bridgehead atoms. The topological polar surface area (TPSA) is 118 Å². The second-order valence-electron chi connectivity index (χ2n) is 5.27. The maximum absolute atomic E-state index is 12.3. The van der Waals surface area contributed by atoms with Crippen LogP contribution in [0.3, 0.4) is 0 Å². The van der Waals surface area contributed by atoms with E-state index in [9.17, 15) is 23.3 Å². The third-order valence-electron chi connectivity index (χ3n) is 3.43. The van der Waals surface area contributed by atoms with Crippen LogP contribution in [-0.4, -0.2) is 25.8 Å². The standard InChI is InChI=1S/C17H15N3O5S/c1-3-9-18-26(24,25)15-6-4-5-13(10-15)17(21)19-14-8-7-12(2)16(11-14)20(22)23/h1,4-8,10-11,18H,9H2,2H3,(H,19,21). The van der Waals surface area contributed by atoms with Crippen LogP contribution in [0, 0.1) is 29.4 Å². The van der Waals surface area contributed by atoms with Crippen LogP contribution in [-0.2, 0) is 10.0 Å². The minimum absolute atomic E-state index is 0.0804. The van der Waals surface area contributed by atoms with Gasteiger partial charge in [0.05, 0.1) is 16.4 Å². The summed E-state index contributed by atoms with van der Waals surface area (Å²) in [7, 11) is -3.84. The molecule has 0 saturated heterocycles. The molecule has 26 heavy (non-hydrogen) atoms. The van der Waals surface area contributed by atoms with Crippen LogP contribution in [0.4, 0.5) is 11.4 Å². The first kappa shape index (κ1) is 19.1. The summed E-state index contributed by atoms with van der Waals surface area (Å²) in [5, 5.41) is 13.5. The normalized spacial score (nSPS) is 10.8. The van der Waals surface area contributed by atoms with Gasteiger partial charge in [-0.3, -0.25) is 14.9 Å². The number of aryl methyl sites for hydroxylation is 1. The molecule has 2 aromatic carbocycles. The predicted molar refractivity (Wildman–Crippen MR) is 96.3 cm³/mol. The SMILES string of the molecule is C#CCNS(=O)(=O)c1cccc(C(=O)Nc2ccc(C)c([N+](=O)[O-])c2)c1. The van der Waals surface area contributed by atoms with Crippen molar-refractivity contribution in [3.8, 4) is 12.3 Å². The molecule has 1 amide bonds. The van der Waals surface area contributed by atoms with Crippen LogP contribution in [0.5, 0.6) is 0 Å². The second kappa shape index (κ2) is 7.77. The monoisotopic (exact) mass is 373 g/mol. The van der Waals surface area contributed by atoms with Crippen molar-refractivity contribution in [1.82, 2.24) is 4.72 Å². The highest BCUT2D eigenvalue weighted by atomic mass is 32.2. The molecule has 0 heterocycles. The number of terminal acetylenes is 1. The largest absolute Gasteiger partial charge is 0.322 e. The van der Waals surface area contributed by atoms with E-state index in [4.69, 9.17) is 6.42 Å². The van der Waals surface area contributed by atoms with Gasteiger partial charge in [0, 0.05) is 22.9 Å². The smallest absolute Gasteiger partial charge is 0.274 e. The molecule has 0 aliphatic rings. The fourth-order valence-corrected chi connectivity index (χ4v) is 3.09. The van der Waals surface area contributed by atoms with Gasteiger partial charge in [0.2, 0.25) is 10.0 Å². The fourth-order valence-electron chi connectivity index (χ4n) is 2.11. The number of nitro groups is 1. The lowest BCUT2D eigenvalue weighted by atomic mass is 10.1. The number of nitrogens with one attached hydrogen (secondary N) is 2. The molecule has 9 heteroatoms. The van der Waals surface area contributed by atoms with Crippen molar-refractivity contribution in [2.75, 3.05) is 11.9 Å². The van der Waals surface area contributed by atoms with E-state index in [2.05, 4.69) is 16.0 Å². The first-order chi connectivity index (χ1) is 12.2. The number of rotatable bonds is 6. The molecule has 0 saturated carbocycles. The highest BCUT2D eigenvalue weighted by Crippen LogP contribution is 2.23. The Morgan fingerprint density at radius 1 is 1.27 bits per heavy atom. The van der Waals surface area contributed by atoms with Crippen LogP contribution in [0.1, 0.15) is 15.9 Å². The van der Waals surface area contributed by atoms with Crippen molar-refractivity contribution in [3.63, 3.8) is 0 Å². The van der Waals surface area contributed by atoms with E-state index in [1.54, 1.807) is 6.92 Å². The molecule has 0 aliphatic carbocycles. The highest BCUT2D eigenvalue weighted by Gasteiger charge is 2.17. The molecule has 134 valence electrons. The average molecular weight is 373 g/mol. The van der Waals surface area contributed by atoms with E-state index in [0.717, 1.165) is 0 Å². The van der Waals surface area contributed by atoms with Gasteiger partial charge < -0.3 is 5.32 Å². The fraction of sp³-hybridized carbons (Fsp3) is 0.118. The Morgan fingerprint density at radius 2 is 2.00 bits per heavy atom. The second-order valence-corrected chi connectivity index (χ2v) is 7.04. The zero-order valence-corrected chi connectivity index (χ0v) is 14.5. The van der Waals surface area contributed by atoms with Crippen LogP contribution in [0.2, 0.25) is 0 Å².